The molecular formula is C23H22ClF4NO2. The smallest absolute Gasteiger partial charge is 0.416 e. The number of hydrogen-bond donors (Lipinski definition) is 1. The monoisotopic (exact) mass is 455 g/mol. The molecular weight excluding hydrogens is 434 g/mol. The molecule has 1 heterocycles. The van der Waals surface area contributed by atoms with Crippen molar-refractivity contribution in [1.82, 2.24) is 0 Å². The van der Waals surface area contributed by atoms with E-state index in [4.69, 9.17) is 16.3 Å². The molecule has 0 aromatic heterocycles. The Hall–Kier alpha value is -2.28. The molecule has 2 aliphatic rings. The fraction of sp³-hybridized carbons (Fsp3) is 0.435. The number of carbonyl (C=O) groups excluding carboxylic acids is 1. The van der Waals surface area contributed by atoms with Crippen LogP contribution in [0.15, 0.2) is 36.4 Å². The van der Waals surface area contributed by atoms with Gasteiger partial charge in [0.2, 0.25) is 5.91 Å². The first-order chi connectivity index (χ1) is 14.6. The molecule has 166 valence electrons. The highest BCUT2D eigenvalue weighted by Crippen LogP contribution is 2.51. The summed E-state index contributed by atoms with van der Waals surface area (Å²) < 4.78 is 58.6. The van der Waals surface area contributed by atoms with Crippen LogP contribution in [0.4, 0.5) is 23.2 Å². The second-order valence-electron chi connectivity index (χ2n) is 8.52. The minimum atomic E-state index is -4.40. The lowest BCUT2D eigenvalue weighted by Gasteiger charge is -2.38. The molecule has 1 spiro atoms. The summed E-state index contributed by atoms with van der Waals surface area (Å²) in [5.74, 6) is -0.785. The number of hydrogen-bond acceptors (Lipinski definition) is 2. The van der Waals surface area contributed by atoms with Gasteiger partial charge >= 0.3 is 6.18 Å². The number of ether oxygens (including phenoxy) is 1. The summed E-state index contributed by atoms with van der Waals surface area (Å²) in [6, 6.07) is 7.81. The standard InChI is InChI=1S/C23H22ClF4NO2/c1-13(21(30)29-19-5-3-16(24)11-18(19)25)14-6-8-22(9-7-14)12-31-20-10-15(23(26,27)28)2-4-17(20)22/h2-5,10-11,13-14H,6-9,12H2,1H3,(H,29,30)/t13-,14-,22+/m0/s1. The van der Waals surface area contributed by atoms with Crippen LogP contribution >= 0.6 is 11.6 Å². The first kappa shape index (κ1) is 21.9. The minimum Gasteiger partial charge on any atom is -0.492 e. The van der Waals surface area contributed by atoms with Gasteiger partial charge in [0.15, 0.2) is 0 Å². The average molecular weight is 456 g/mol. The molecule has 1 aliphatic heterocycles. The van der Waals surface area contributed by atoms with E-state index in [1.165, 1.54) is 18.2 Å². The molecule has 1 fully saturated rings. The number of halogens is 5. The Morgan fingerprint density at radius 1 is 1.19 bits per heavy atom. The molecule has 8 heteroatoms. The van der Waals surface area contributed by atoms with Crippen molar-refractivity contribution >= 4 is 23.2 Å². The van der Waals surface area contributed by atoms with E-state index in [0.29, 0.717) is 12.4 Å². The van der Waals surface area contributed by atoms with Crippen molar-refractivity contribution in [1.29, 1.82) is 0 Å². The van der Waals surface area contributed by atoms with Crippen molar-refractivity contribution in [2.75, 3.05) is 11.9 Å². The summed E-state index contributed by atoms with van der Waals surface area (Å²) in [6.07, 6.45) is -1.48. The van der Waals surface area contributed by atoms with Gasteiger partial charge in [0.25, 0.3) is 0 Å². The highest BCUT2D eigenvalue weighted by Gasteiger charge is 2.45. The Kier molecular flexibility index (Phi) is 5.66. The van der Waals surface area contributed by atoms with Crippen LogP contribution in [-0.2, 0) is 16.4 Å². The van der Waals surface area contributed by atoms with E-state index in [2.05, 4.69) is 5.32 Å². The highest BCUT2D eigenvalue weighted by molar-refractivity contribution is 6.30. The summed E-state index contributed by atoms with van der Waals surface area (Å²) >= 11 is 5.75. The second kappa shape index (κ2) is 8.01. The second-order valence-corrected chi connectivity index (χ2v) is 8.95. The summed E-state index contributed by atoms with van der Waals surface area (Å²) in [5, 5.41) is 2.88. The number of carbonyl (C=O) groups is 1. The van der Waals surface area contributed by atoms with Crippen molar-refractivity contribution < 1.29 is 27.1 Å². The molecule has 0 bridgehead atoms. The lowest BCUT2D eigenvalue weighted by Crippen LogP contribution is -2.37. The summed E-state index contributed by atoms with van der Waals surface area (Å²) in [7, 11) is 0. The van der Waals surface area contributed by atoms with Gasteiger partial charge in [-0.15, -0.1) is 0 Å². The van der Waals surface area contributed by atoms with E-state index >= 15 is 0 Å². The molecule has 0 radical (unpaired) electrons. The van der Waals surface area contributed by atoms with E-state index in [1.54, 1.807) is 0 Å². The zero-order chi connectivity index (χ0) is 22.4. The van der Waals surface area contributed by atoms with Crippen molar-refractivity contribution in [3.8, 4) is 5.75 Å². The van der Waals surface area contributed by atoms with Crippen molar-refractivity contribution in [2.45, 2.75) is 44.2 Å². The topological polar surface area (TPSA) is 38.3 Å². The average Bonchev–Trinajstić information content (AvgIpc) is 3.07. The van der Waals surface area contributed by atoms with Gasteiger partial charge in [-0.3, -0.25) is 4.79 Å². The SMILES string of the molecule is C[C@H](C(=O)Nc1ccc(Cl)cc1F)[C@H]1CC[C@@]2(CC1)COc1cc(C(F)(F)F)ccc12. The first-order valence-electron chi connectivity index (χ1n) is 10.2. The molecule has 1 N–H and O–H groups in total. The fourth-order valence-electron chi connectivity index (χ4n) is 4.71. The Labute approximate surface area is 182 Å². The van der Waals surface area contributed by atoms with Crippen LogP contribution < -0.4 is 10.1 Å². The minimum absolute atomic E-state index is 0.0899. The molecule has 1 aliphatic carbocycles. The molecule has 2 aromatic rings. The molecule has 1 atom stereocenters. The van der Waals surface area contributed by atoms with Crippen molar-refractivity contribution in [3.05, 3.63) is 58.4 Å². The van der Waals surface area contributed by atoms with Crippen LogP contribution in [0.2, 0.25) is 5.02 Å². The number of benzene rings is 2. The Balaban J connectivity index is 1.42. The summed E-state index contributed by atoms with van der Waals surface area (Å²) in [6.45, 7) is 2.17. The van der Waals surface area contributed by atoms with Gasteiger partial charge in [-0.05, 0) is 61.9 Å². The van der Waals surface area contributed by atoms with Gasteiger partial charge < -0.3 is 10.1 Å². The fourth-order valence-corrected chi connectivity index (χ4v) is 4.87. The van der Waals surface area contributed by atoms with E-state index in [-0.39, 0.29) is 33.9 Å². The van der Waals surface area contributed by atoms with E-state index in [0.717, 1.165) is 49.4 Å². The highest BCUT2D eigenvalue weighted by atomic mass is 35.5. The normalized spacial score (nSPS) is 23.9. The molecule has 2 aromatic carbocycles. The molecule has 31 heavy (non-hydrogen) atoms. The zero-order valence-electron chi connectivity index (χ0n) is 16.9. The van der Waals surface area contributed by atoms with Crippen LogP contribution in [0.1, 0.15) is 43.7 Å². The number of amides is 1. The van der Waals surface area contributed by atoms with Crippen LogP contribution in [0.25, 0.3) is 0 Å². The molecule has 0 saturated heterocycles. The lowest BCUT2D eigenvalue weighted by atomic mass is 9.65. The van der Waals surface area contributed by atoms with Crippen LogP contribution in [0, 0.1) is 17.7 Å². The quantitative estimate of drug-likeness (QED) is 0.530. The number of rotatable bonds is 3. The van der Waals surface area contributed by atoms with Crippen LogP contribution in [0.3, 0.4) is 0 Å². The van der Waals surface area contributed by atoms with E-state index in [1.807, 2.05) is 6.92 Å². The van der Waals surface area contributed by atoms with Crippen LogP contribution in [-0.4, -0.2) is 12.5 Å². The first-order valence-corrected chi connectivity index (χ1v) is 10.6. The maximum Gasteiger partial charge on any atom is 0.416 e. The number of nitrogens with one attached hydrogen (secondary N) is 1. The summed E-state index contributed by atoms with van der Waals surface area (Å²) in [5.41, 5.74) is -0.114. The number of fused-ring (bicyclic) bond motifs is 2. The van der Waals surface area contributed by atoms with Crippen molar-refractivity contribution in [2.24, 2.45) is 11.8 Å². The third-order valence-electron chi connectivity index (χ3n) is 6.68. The molecule has 1 amide bonds. The zero-order valence-corrected chi connectivity index (χ0v) is 17.6. The molecule has 0 unspecified atom stereocenters. The van der Waals surface area contributed by atoms with Gasteiger partial charge in [-0.1, -0.05) is 24.6 Å². The Morgan fingerprint density at radius 3 is 2.55 bits per heavy atom. The van der Waals surface area contributed by atoms with Gasteiger partial charge in [-0.25, -0.2) is 4.39 Å². The number of alkyl halides is 3. The van der Waals surface area contributed by atoms with Gasteiger partial charge in [0.1, 0.15) is 11.6 Å². The third-order valence-corrected chi connectivity index (χ3v) is 6.92. The van der Waals surface area contributed by atoms with E-state index in [9.17, 15) is 22.4 Å². The Morgan fingerprint density at radius 2 is 1.90 bits per heavy atom. The number of anilines is 1. The largest absolute Gasteiger partial charge is 0.492 e. The maximum atomic E-state index is 14.0. The maximum absolute atomic E-state index is 14.0. The molecule has 4 rings (SSSR count). The molecule has 3 nitrogen and oxygen atoms in total. The Bertz CT molecular complexity index is 1000. The lowest BCUT2D eigenvalue weighted by molar-refractivity contribution is -0.137. The van der Waals surface area contributed by atoms with Gasteiger partial charge in [0.05, 0.1) is 17.9 Å². The predicted octanol–water partition coefficient (Wildman–Crippen LogP) is 6.59. The van der Waals surface area contributed by atoms with E-state index < -0.39 is 17.6 Å². The van der Waals surface area contributed by atoms with Crippen LogP contribution in [0.5, 0.6) is 5.75 Å². The van der Waals surface area contributed by atoms with Crippen molar-refractivity contribution in [3.63, 3.8) is 0 Å². The summed E-state index contributed by atoms with van der Waals surface area (Å²) in [4.78, 5) is 12.6. The van der Waals surface area contributed by atoms with Gasteiger partial charge in [-0.2, -0.15) is 13.2 Å². The molecule has 1 saturated carbocycles. The van der Waals surface area contributed by atoms with Gasteiger partial charge in [0, 0.05) is 21.9 Å². The predicted molar refractivity (Wildman–Crippen MR) is 110 cm³/mol. The third kappa shape index (κ3) is 4.25.